The highest BCUT2D eigenvalue weighted by Gasteiger charge is 2.24. The number of hydrogen-bond donors (Lipinski definition) is 1. The maximum atomic E-state index is 14.1. The zero-order valence-corrected chi connectivity index (χ0v) is 16.5. The lowest BCUT2D eigenvalue weighted by Crippen LogP contribution is -2.17. The number of ether oxygens (including phenoxy) is 2. The predicted molar refractivity (Wildman–Crippen MR) is 95.9 cm³/mol. The van der Waals surface area contributed by atoms with Gasteiger partial charge in [0.1, 0.15) is 11.3 Å². The number of fused-ring (bicyclic) bond motifs is 1. The van der Waals surface area contributed by atoms with E-state index in [1.807, 2.05) is 0 Å². The second kappa shape index (κ2) is 7.83. The van der Waals surface area contributed by atoms with Crippen molar-refractivity contribution in [3.8, 4) is 11.8 Å². The molecule has 0 aliphatic carbocycles. The molecule has 0 bridgehead atoms. The molecule has 0 saturated heterocycles. The Labute approximate surface area is 165 Å². The van der Waals surface area contributed by atoms with Crippen LogP contribution in [0.2, 0.25) is 0 Å². The first kappa shape index (κ1) is 20.2. The van der Waals surface area contributed by atoms with Gasteiger partial charge in [0.05, 0.1) is 13.3 Å². The number of sulfonamides is 1. The minimum atomic E-state index is -4.21. The fraction of sp³-hybridized carbons (Fsp3) is 0.200. The summed E-state index contributed by atoms with van der Waals surface area (Å²) >= 11 is 3.26. The minimum Gasteiger partial charge on any atom is -0.479 e. The van der Waals surface area contributed by atoms with Crippen LogP contribution in [0.15, 0.2) is 40.1 Å². The summed E-state index contributed by atoms with van der Waals surface area (Å²) in [6, 6.07) is 3.95. The zero-order chi connectivity index (χ0) is 20.5. The summed E-state index contributed by atoms with van der Waals surface area (Å²) in [5, 5.41) is -0.213. The van der Waals surface area contributed by atoms with Crippen LogP contribution < -0.4 is 14.2 Å². The summed E-state index contributed by atoms with van der Waals surface area (Å²) in [5.41, 5.74) is 0.0261. The van der Waals surface area contributed by atoms with E-state index in [-0.39, 0.29) is 16.6 Å². The number of pyridine rings is 2. The third-order valence-corrected chi connectivity index (χ3v) is 5.24. The van der Waals surface area contributed by atoms with E-state index in [0.717, 1.165) is 19.4 Å². The second-order valence-corrected chi connectivity index (χ2v) is 7.85. The number of aromatic nitrogens is 3. The van der Waals surface area contributed by atoms with Crippen LogP contribution >= 0.6 is 15.9 Å². The highest BCUT2D eigenvalue weighted by atomic mass is 79.9. The van der Waals surface area contributed by atoms with Gasteiger partial charge in [-0.2, -0.15) is 13.4 Å². The lowest BCUT2D eigenvalue weighted by Gasteiger charge is -2.13. The number of imidazole rings is 1. The fourth-order valence-electron chi connectivity index (χ4n) is 2.26. The van der Waals surface area contributed by atoms with Crippen LogP contribution in [0.1, 0.15) is 0 Å². The molecule has 0 fully saturated rings. The van der Waals surface area contributed by atoms with Gasteiger partial charge in [-0.1, -0.05) is 15.9 Å². The van der Waals surface area contributed by atoms with Gasteiger partial charge in [0.2, 0.25) is 5.88 Å². The molecule has 0 unspecified atom stereocenters. The summed E-state index contributed by atoms with van der Waals surface area (Å²) in [4.78, 5) is 7.60. The van der Waals surface area contributed by atoms with Gasteiger partial charge in [0.25, 0.3) is 22.3 Å². The van der Waals surface area contributed by atoms with Gasteiger partial charge in [0.15, 0.2) is 17.5 Å². The Balaban J connectivity index is 1.96. The molecule has 0 aromatic carbocycles. The largest absolute Gasteiger partial charge is 0.479 e. The molecule has 150 valence electrons. The molecule has 28 heavy (non-hydrogen) atoms. The monoisotopic (exact) mass is 480 g/mol. The van der Waals surface area contributed by atoms with Gasteiger partial charge in [-0.05, 0) is 12.1 Å². The third kappa shape index (κ3) is 4.14. The molecule has 3 aromatic rings. The van der Waals surface area contributed by atoms with E-state index in [1.54, 1.807) is 12.1 Å². The van der Waals surface area contributed by atoms with Crippen molar-refractivity contribution in [3.63, 3.8) is 0 Å². The minimum absolute atomic E-state index is 0.213. The second-order valence-electron chi connectivity index (χ2n) is 5.31. The van der Waals surface area contributed by atoms with Gasteiger partial charge >= 0.3 is 0 Å². The van der Waals surface area contributed by atoms with Gasteiger partial charge < -0.3 is 9.47 Å². The first-order chi connectivity index (χ1) is 13.2. The van der Waals surface area contributed by atoms with Crippen LogP contribution in [0, 0.1) is 5.82 Å². The van der Waals surface area contributed by atoms with Crippen LogP contribution in [0.5, 0.6) is 11.8 Å². The van der Waals surface area contributed by atoms with Crippen LogP contribution in [-0.2, 0) is 10.0 Å². The molecular formula is C15H12BrF3N4O4S. The normalized spacial score (nSPS) is 11.8. The molecule has 0 radical (unpaired) electrons. The molecule has 0 aliphatic rings. The number of hydrogen-bond acceptors (Lipinski definition) is 6. The smallest absolute Gasteiger partial charge is 0.279 e. The predicted octanol–water partition coefficient (Wildman–Crippen LogP) is 3.08. The average Bonchev–Trinajstić information content (AvgIpc) is 3.04. The summed E-state index contributed by atoms with van der Waals surface area (Å²) in [6.07, 6.45) is -0.223. The number of alkyl halides is 2. The molecular weight excluding hydrogens is 469 g/mol. The molecule has 0 spiro atoms. The summed E-state index contributed by atoms with van der Waals surface area (Å²) < 4.78 is 77.6. The Morgan fingerprint density at radius 2 is 2.07 bits per heavy atom. The molecule has 0 amide bonds. The summed E-state index contributed by atoms with van der Waals surface area (Å²) in [7, 11) is -3.06. The molecule has 13 heteroatoms. The van der Waals surface area contributed by atoms with E-state index in [0.29, 0.717) is 10.1 Å². The standard InChI is InChI=1S/C15H12BrF3N4O4S/c1-26-15-10(5-9(17)14(21-15)27-7-11(18)19)22-28(24,25)13-6-20-12-4-8(16)2-3-23(12)13/h2-6,11,22H,7H2,1H3. The molecule has 3 aromatic heterocycles. The number of methoxy groups -OCH3 is 1. The third-order valence-electron chi connectivity index (χ3n) is 3.41. The van der Waals surface area contributed by atoms with E-state index >= 15 is 0 Å². The first-order valence-electron chi connectivity index (χ1n) is 7.52. The Bertz CT molecular complexity index is 1120. The number of halogens is 4. The molecule has 0 saturated carbocycles. The van der Waals surface area contributed by atoms with Crippen molar-refractivity contribution < 1.29 is 31.1 Å². The number of nitrogens with one attached hydrogen (secondary N) is 1. The molecule has 1 N–H and O–H groups in total. The van der Waals surface area contributed by atoms with Crippen molar-refractivity contribution >= 4 is 37.3 Å². The fourth-order valence-corrected chi connectivity index (χ4v) is 3.72. The van der Waals surface area contributed by atoms with Crippen molar-refractivity contribution in [2.24, 2.45) is 0 Å². The SMILES string of the molecule is COc1nc(OCC(F)F)c(F)cc1NS(=O)(=O)c1cnc2cc(Br)ccn12. The average molecular weight is 481 g/mol. The molecule has 3 rings (SSSR count). The van der Waals surface area contributed by atoms with Crippen molar-refractivity contribution in [1.29, 1.82) is 0 Å². The quantitative estimate of drug-likeness (QED) is 0.558. The van der Waals surface area contributed by atoms with Crippen molar-refractivity contribution in [3.05, 3.63) is 40.9 Å². The molecule has 0 atom stereocenters. The summed E-state index contributed by atoms with van der Waals surface area (Å²) in [6.45, 7) is -1.07. The summed E-state index contributed by atoms with van der Waals surface area (Å²) in [5.74, 6) is -2.23. The van der Waals surface area contributed by atoms with Gasteiger partial charge in [-0.15, -0.1) is 0 Å². The highest BCUT2D eigenvalue weighted by Crippen LogP contribution is 2.30. The number of nitrogens with zero attached hydrogens (tertiary/aromatic N) is 3. The van der Waals surface area contributed by atoms with Crippen LogP contribution in [-0.4, -0.2) is 42.9 Å². The van der Waals surface area contributed by atoms with Crippen molar-refractivity contribution in [1.82, 2.24) is 14.4 Å². The van der Waals surface area contributed by atoms with Crippen molar-refractivity contribution in [2.75, 3.05) is 18.4 Å². The lowest BCUT2D eigenvalue weighted by atomic mass is 10.4. The zero-order valence-electron chi connectivity index (χ0n) is 14.1. The van der Waals surface area contributed by atoms with E-state index < -0.39 is 34.8 Å². The molecule has 3 heterocycles. The van der Waals surface area contributed by atoms with Gasteiger partial charge in [0, 0.05) is 16.7 Å². The Morgan fingerprint density at radius 3 is 2.75 bits per heavy atom. The maximum Gasteiger partial charge on any atom is 0.279 e. The van der Waals surface area contributed by atoms with Crippen LogP contribution in [0.4, 0.5) is 18.9 Å². The highest BCUT2D eigenvalue weighted by molar-refractivity contribution is 9.10. The van der Waals surface area contributed by atoms with E-state index in [2.05, 4.69) is 35.4 Å². The lowest BCUT2D eigenvalue weighted by molar-refractivity contribution is 0.0770. The Hall–Kier alpha value is -2.54. The number of anilines is 1. The van der Waals surface area contributed by atoms with Crippen LogP contribution in [0.25, 0.3) is 5.65 Å². The molecule has 0 aliphatic heterocycles. The van der Waals surface area contributed by atoms with Crippen molar-refractivity contribution in [2.45, 2.75) is 11.5 Å². The maximum absolute atomic E-state index is 14.1. The van der Waals surface area contributed by atoms with E-state index in [9.17, 15) is 21.6 Å². The first-order valence-corrected chi connectivity index (χ1v) is 9.80. The Morgan fingerprint density at radius 1 is 1.32 bits per heavy atom. The number of rotatable bonds is 7. The topological polar surface area (TPSA) is 94.8 Å². The van der Waals surface area contributed by atoms with Crippen LogP contribution in [0.3, 0.4) is 0 Å². The van der Waals surface area contributed by atoms with E-state index in [4.69, 9.17) is 4.74 Å². The Kier molecular flexibility index (Phi) is 5.65. The van der Waals surface area contributed by atoms with Gasteiger partial charge in [-0.25, -0.2) is 18.2 Å². The van der Waals surface area contributed by atoms with E-state index in [1.165, 1.54) is 10.6 Å². The van der Waals surface area contributed by atoms with Gasteiger partial charge in [-0.3, -0.25) is 9.12 Å². The molecule has 8 nitrogen and oxygen atoms in total.